The number of ether oxygens (including phenoxy) is 2. The molecule has 2 bridgehead atoms. The van der Waals surface area contributed by atoms with E-state index in [2.05, 4.69) is 16.0 Å². The van der Waals surface area contributed by atoms with Crippen LogP contribution >= 0.6 is 11.6 Å². The minimum atomic E-state index is -0.772. The lowest BCUT2D eigenvalue weighted by molar-refractivity contribution is -0.140. The molecule has 10 heteroatoms. The minimum absolute atomic E-state index is 0.0145. The maximum absolute atomic E-state index is 13.6. The Morgan fingerprint density at radius 2 is 1.83 bits per heavy atom. The highest BCUT2D eigenvalue weighted by Gasteiger charge is 2.55. The molecule has 1 aromatic rings. The van der Waals surface area contributed by atoms with Crippen molar-refractivity contribution in [1.29, 1.82) is 0 Å². The van der Waals surface area contributed by atoms with Crippen LogP contribution in [0, 0.1) is 11.7 Å². The Morgan fingerprint density at radius 3 is 2.47 bits per heavy atom. The molecule has 8 nitrogen and oxygen atoms in total. The second kappa shape index (κ2) is 10.4. The van der Waals surface area contributed by atoms with Gasteiger partial charge in [0.05, 0.1) is 22.8 Å². The van der Waals surface area contributed by atoms with E-state index in [0.717, 1.165) is 31.4 Å². The van der Waals surface area contributed by atoms with Crippen LogP contribution in [0.1, 0.15) is 57.8 Å². The Bertz CT molecular complexity index is 974. The van der Waals surface area contributed by atoms with E-state index >= 15 is 0 Å². The summed E-state index contributed by atoms with van der Waals surface area (Å²) < 4.78 is 24.8. The summed E-state index contributed by atoms with van der Waals surface area (Å²) in [6.07, 6.45) is 6.73. The van der Waals surface area contributed by atoms with Crippen LogP contribution in [0.15, 0.2) is 18.2 Å². The van der Waals surface area contributed by atoms with Crippen LogP contribution in [-0.4, -0.2) is 66.0 Å². The minimum Gasteiger partial charge on any atom is -0.484 e. The van der Waals surface area contributed by atoms with Gasteiger partial charge in [0, 0.05) is 24.2 Å². The molecule has 6 rings (SSSR count). The Morgan fingerprint density at radius 1 is 1.08 bits per heavy atom. The standard InChI is InChI=1S/C26H35ClFN3O5/c27-19-5-3-17(11-20(19)28)35-14-23(33)30-25-7-9-26(10-8-25,22(32)12-25)31-24(34)15-36-18-4-6-21(29-13-18)16-1-2-16/h3,5,11,16,18,21-22,29,32H,1-2,4,6-10,12-15H2,(H,30,33)(H,31,34). The quantitative estimate of drug-likeness (QED) is 0.396. The number of carbonyl (C=O) groups excluding carboxylic acids is 2. The molecule has 4 aliphatic carbocycles. The Hall–Kier alpha value is -1.94. The average molecular weight is 524 g/mol. The lowest BCUT2D eigenvalue weighted by atomic mass is 9.60. The molecule has 0 spiro atoms. The van der Waals surface area contributed by atoms with Gasteiger partial charge in [0.15, 0.2) is 6.61 Å². The number of amides is 2. The van der Waals surface area contributed by atoms with Gasteiger partial charge >= 0.3 is 0 Å². The van der Waals surface area contributed by atoms with Crippen molar-refractivity contribution in [2.45, 2.75) is 87.1 Å². The molecule has 1 aromatic carbocycles. The zero-order chi connectivity index (χ0) is 25.3. The van der Waals surface area contributed by atoms with Crippen LogP contribution < -0.4 is 20.7 Å². The van der Waals surface area contributed by atoms with Crippen LogP contribution in [0.2, 0.25) is 5.02 Å². The van der Waals surface area contributed by atoms with Crippen molar-refractivity contribution in [3.8, 4) is 5.75 Å². The summed E-state index contributed by atoms with van der Waals surface area (Å²) >= 11 is 5.67. The third-order valence-corrected chi connectivity index (χ3v) is 8.73. The fraction of sp³-hybridized carbons (Fsp3) is 0.692. The van der Waals surface area contributed by atoms with Crippen LogP contribution in [0.5, 0.6) is 5.75 Å². The molecular weight excluding hydrogens is 489 g/mol. The van der Waals surface area contributed by atoms with E-state index in [1.165, 1.54) is 25.0 Å². The van der Waals surface area contributed by atoms with Crippen molar-refractivity contribution in [3.05, 3.63) is 29.0 Å². The predicted molar refractivity (Wildman–Crippen MR) is 131 cm³/mol. The molecule has 198 valence electrons. The summed E-state index contributed by atoms with van der Waals surface area (Å²) in [6.45, 7) is 0.496. The second-order valence-electron chi connectivity index (χ2n) is 11.0. The van der Waals surface area contributed by atoms with Crippen LogP contribution in [0.3, 0.4) is 0 Å². The monoisotopic (exact) mass is 523 g/mol. The van der Waals surface area contributed by atoms with Gasteiger partial charge in [-0.25, -0.2) is 4.39 Å². The van der Waals surface area contributed by atoms with Gasteiger partial charge in [-0.2, -0.15) is 0 Å². The number of carbonyl (C=O) groups is 2. The highest BCUT2D eigenvalue weighted by Crippen LogP contribution is 2.47. The first kappa shape index (κ1) is 25.7. The van der Waals surface area contributed by atoms with Crippen molar-refractivity contribution < 1.29 is 28.6 Å². The number of hydrogen-bond acceptors (Lipinski definition) is 6. The van der Waals surface area contributed by atoms with E-state index in [0.29, 0.717) is 38.1 Å². The van der Waals surface area contributed by atoms with E-state index in [1.807, 2.05) is 0 Å². The number of halogens is 2. The molecule has 5 fully saturated rings. The maximum Gasteiger partial charge on any atom is 0.258 e. The van der Waals surface area contributed by atoms with Gasteiger partial charge in [0.1, 0.15) is 18.2 Å². The predicted octanol–water partition coefficient (Wildman–Crippen LogP) is 2.45. The zero-order valence-corrected chi connectivity index (χ0v) is 21.1. The first-order valence-electron chi connectivity index (χ1n) is 13.0. The third kappa shape index (κ3) is 5.79. The second-order valence-corrected chi connectivity index (χ2v) is 11.4. The largest absolute Gasteiger partial charge is 0.484 e. The summed E-state index contributed by atoms with van der Waals surface area (Å²) in [6, 6.07) is 4.61. The molecule has 0 radical (unpaired) electrons. The average Bonchev–Trinajstić information content (AvgIpc) is 3.71. The molecule has 0 aromatic heterocycles. The SMILES string of the molecule is O=C(COc1ccc(Cl)c(F)c1)NC12CCC(NC(=O)COC3CCC(C4CC4)NC3)(CC1)C(O)C2. The van der Waals surface area contributed by atoms with Crippen molar-refractivity contribution in [1.82, 2.24) is 16.0 Å². The van der Waals surface area contributed by atoms with Crippen molar-refractivity contribution >= 4 is 23.4 Å². The summed E-state index contributed by atoms with van der Waals surface area (Å²) in [5, 5.41) is 20.5. The summed E-state index contributed by atoms with van der Waals surface area (Å²) in [4.78, 5) is 25.2. The lowest BCUT2D eigenvalue weighted by Crippen LogP contribution is -2.70. The molecule has 1 aliphatic heterocycles. The van der Waals surface area contributed by atoms with Crippen LogP contribution in [-0.2, 0) is 14.3 Å². The number of hydrogen-bond donors (Lipinski definition) is 4. The molecule has 2 amide bonds. The normalized spacial score (nSPS) is 33.7. The topological polar surface area (TPSA) is 109 Å². The van der Waals surface area contributed by atoms with E-state index in [9.17, 15) is 19.1 Å². The summed E-state index contributed by atoms with van der Waals surface area (Å²) in [5.74, 6) is -0.121. The van der Waals surface area contributed by atoms with Crippen molar-refractivity contribution in [2.75, 3.05) is 19.8 Å². The molecule has 1 saturated heterocycles. The number of benzene rings is 1. The van der Waals surface area contributed by atoms with Gasteiger partial charge < -0.3 is 30.5 Å². The van der Waals surface area contributed by atoms with Crippen LogP contribution in [0.4, 0.5) is 4.39 Å². The summed E-state index contributed by atoms with van der Waals surface area (Å²) in [5.41, 5.74) is -1.23. The van der Waals surface area contributed by atoms with Crippen molar-refractivity contribution in [2.24, 2.45) is 5.92 Å². The maximum atomic E-state index is 13.6. The fourth-order valence-corrected chi connectivity index (χ4v) is 6.23. The number of rotatable bonds is 9. The smallest absolute Gasteiger partial charge is 0.258 e. The Labute approximate surface area is 215 Å². The van der Waals surface area contributed by atoms with Gasteiger partial charge in [-0.3, -0.25) is 9.59 Å². The van der Waals surface area contributed by atoms with Crippen molar-refractivity contribution in [3.63, 3.8) is 0 Å². The van der Waals surface area contributed by atoms with Gasteiger partial charge in [0.2, 0.25) is 5.91 Å². The Balaban J connectivity index is 1.06. The fourth-order valence-electron chi connectivity index (χ4n) is 6.11. The van der Waals surface area contributed by atoms with Gasteiger partial charge in [-0.05, 0) is 75.8 Å². The highest BCUT2D eigenvalue weighted by atomic mass is 35.5. The number of fused-ring (bicyclic) bond motifs is 3. The number of piperidine rings is 1. The van der Waals surface area contributed by atoms with E-state index in [1.54, 1.807) is 0 Å². The third-order valence-electron chi connectivity index (χ3n) is 8.42. The van der Waals surface area contributed by atoms with Gasteiger partial charge in [-0.15, -0.1) is 0 Å². The molecular formula is C26H35ClFN3O5. The first-order valence-corrected chi connectivity index (χ1v) is 13.4. The zero-order valence-electron chi connectivity index (χ0n) is 20.4. The Kier molecular flexibility index (Phi) is 7.45. The summed E-state index contributed by atoms with van der Waals surface area (Å²) in [7, 11) is 0. The van der Waals surface area contributed by atoms with E-state index in [-0.39, 0.29) is 41.9 Å². The lowest BCUT2D eigenvalue weighted by Gasteiger charge is -2.56. The number of aliphatic hydroxyl groups excluding tert-OH is 1. The van der Waals surface area contributed by atoms with Gasteiger partial charge in [-0.1, -0.05) is 11.6 Å². The molecule has 5 aliphatic rings. The molecule has 3 atom stereocenters. The molecule has 4 saturated carbocycles. The molecule has 1 heterocycles. The molecule has 3 unspecified atom stereocenters. The van der Waals surface area contributed by atoms with Gasteiger partial charge in [0.25, 0.3) is 5.91 Å². The first-order chi connectivity index (χ1) is 17.3. The highest BCUT2D eigenvalue weighted by molar-refractivity contribution is 6.30. The van der Waals surface area contributed by atoms with E-state index in [4.69, 9.17) is 21.1 Å². The number of nitrogens with one attached hydrogen (secondary N) is 3. The molecule has 36 heavy (non-hydrogen) atoms. The number of aliphatic hydroxyl groups is 1. The molecule has 4 N–H and O–H groups in total. The van der Waals surface area contributed by atoms with E-state index < -0.39 is 23.0 Å². The van der Waals surface area contributed by atoms with Crippen LogP contribution in [0.25, 0.3) is 0 Å².